The summed E-state index contributed by atoms with van der Waals surface area (Å²) < 4.78 is 1.16. The third-order valence-corrected chi connectivity index (χ3v) is 5.27. The van der Waals surface area contributed by atoms with Gasteiger partial charge in [0.15, 0.2) is 0 Å². The van der Waals surface area contributed by atoms with Crippen molar-refractivity contribution in [1.29, 1.82) is 0 Å². The van der Waals surface area contributed by atoms with E-state index in [1.54, 1.807) is 22.7 Å². The van der Waals surface area contributed by atoms with Gasteiger partial charge < -0.3 is 5.73 Å². The molecule has 2 nitrogen and oxygen atoms in total. The van der Waals surface area contributed by atoms with Gasteiger partial charge in [-0.15, -0.1) is 11.3 Å². The van der Waals surface area contributed by atoms with Crippen LogP contribution in [0.2, 0.25) is 0 Å². The molecule has 0 saturated heterocycles. The average molecular weight is 345 g/mol. The molecule has 2 heterocycles. The molecule has 0 aliphatic rings. The van der Waals surface area contributed by atoms with Gasteiger partial charge in [0.2, 0.25) is 0 Å². The van der Waals surface area contributed by atoms with Crippen LogP contribution in [-0.2, 0) is 6.54 Å². The first-order valence-electron chi connectivity index (χ1n) is 5.78. The molecule has 2 atom stereocenters. The Morgan fingerprint density at radius 1 is 1.44 bits per heavy atom. The van der Waals surface area contributed by atoms with Crippen molar-refractivity contribution in [3.63, 3.8) is 0 Å². The van der Waals surface area contributed by atoms with Crippen molar-refractivity contribution >= 4 is 38.6 Å². The van der Waals surface area contributed by atoms with Gasteiger partial charge >= 0.3 is 0 Å². The molecule has 2 rings (SSSR count). The van der Waals surface area contributed by atoms with E-state index in [1.165, 1.54) is 10.4 Å². The third kappa shape index (κ3) is 3.42. The van der Waals surface area contributed by atoms with Crippen molar-refractivity contribution in [2.24, 2.45) is 5.73 Å². The number of thiophene rings is 2. The van der Waals surface area contributed by atoms with Gasteiger partial charge in [0.05, 0.1) is 6.04 Å². The number of hydrogen-bond acceptors (Lipinski definition) is 4. The van der Waals surface area contributed by atoms with Crippen LogP contribution >= 0.6 is 38.6 Å². The van der Waals surface area contributed by atoms with Gasteiger partial charge in [-0.05, 0) is 58.4 Å². The van der Waals surface area contributed by atoms with Crippen molar-refractivity contribution in [2.45, 2.75) is 25.6 Å². The number of nitrogens with two attached hydrogens (primary N) is 1. The van der Waals surface area contributed by atoms with Crippen LogP contribution in [0.3, 0.4) is 0 Å². The first-order chi connectivity index (χ1) is 8.58. The molecular formula is C13H17BrN2S2. The van der Waals surface area contributed by atoms with Gasteiger partial charge in [-0.25, -0.2) is 0 Å². The zero-order chi connectivity index (χ0) is 13.1. The molecule has 0 saturated carbocycles. The topological polar surface area (TPSA) is 29.3 Å². The van der Waals surface area contributed by atoms with Crippen molar-refractivity contribution in [3.8, 4) is 0 Å². The maximum atomic E-state index is 6.14. The Morgan fingerprint density at radius 3 is 2.72 bits per heavy atom. The fraction of sp³-hybridized carbons (Fsp3) is 0.385. The summed E-state index contributed by atoms with van der Waals surface area (Å²) in [6.45, 7) is 3.00. The minimum Gasteiger partial charge on any atom is -0.326 e. The van der Waals surface area contributed by atoms with Crippen LogP contribution in [0.4, 0.5) is 0 Å². The normalized spacial score (nSPS) is 14.9. The maximum absolute atomic E-state index is 6.14. The predicted molar refractivity (Wildman–Crippen MR) is 84.2 cm³/mol. The van der Waals surface area contributed by atoms with Crippen LogP contribution in [0.15, 0.2) is 32.7 Å². The van der Waals surface area contributed by atoms with Crippen LogP contribution in [0.1, 0.15) is 23.4 Å². The Morgan fingerprint density at radius 2 is 2.22 bits per heavy atom. The summed E-state index contributed by atoms with van der Waals surface area (Å²) in [4.78, 5) is 3.68. The molecule has 0 aliphatic carbocycles. The highest BCUT2D eigenvalue weighted by molar-refractivity contribution is 9.10. The Labute approximate surface area is 125 Å². The number of likely N-dealkylation sites (N-methyl/N-ethyl adjacent to an activating group) is 1. The number of halogens is 1. The Kier molecular flexibility index (Phi) is 4.98. The first-order valence-corrected chi connectivity index (χ1v) is 8.40. The lowest BCUT2D eigenvalue weighted by atomic mass is 10.0. The van der Waals surface area contributed by atoms with Gasteiger partial charge in [0.1, 0.15) is 0 Å². The van der Waals surface area contributed by atoms with Gasteiger partial charge in [-0.2, -0.15) is 11.3 Å². The molecule has 98 valence electrons. The van der Waals surface area contributed by atoms with Crippen LogP contribution in [0.5, 0.6) is 0 Å². The van der Waals surface area contributed by atoms with Crippen molar-refractivity contribution in [1.82, 2.24) is 4.90 Å². The monoisotopic (exact) mass is 344 g/mol. The fourth-order valence-electron chi connectivity index (χ4n) is 2.18. The molecule has 2 aromatic heterocycles. The first kappa shape index (κ1) is 14.2. The highest BCUT2D eigenvalue weighted by Crippen LogP contribution is 2.28. The standard InChI is InChI=1S/C13H17BrN2S2/c1-9(15)13(10-3-4-17-7-10)16(2)6-12-5-11(14)8-18-12/h3-5,7-9,13H,6,15H2,1-2H3. The van der Waals surface area contributed by atoms with Gasteiger partial charge in [-0.3, -0.25) is 4.90 Å². The molecule has 0 fully saturated rings. The Balaban J connectivity index is 2.11. The van der Waals surface area contributed by atoms with E-state index in [9.17, 15) is 0 Å². The van der Waals surface area contributed by atoms with Crippen LogP contribution in [0.25, 0.3) is 0 Å². The number of rotatable bonds is 5. The fourth-order valence-corrected chi connectivity index (χ4v) is 4.39. The average Bonchev–Trinajstić information content (AvgIpc) is 2.90. The summed E-state index contributed by atoms with van der Waals surface area (Å²) in [5, 5.41) is 6.42. The zero-order valence-corrected chi connectivity index (χ0v) is 13.7. The predicted octanol–water partition coefficient (Wildman–Crippen LogP) is 4.09. The van der Waals surface area contributed by atoms with Crippen LogP contribution in [0, 0.1) is 0 Å². The largest absolute Gasteiger partial charge is 0.326 e. The van der Waals surface area contributed by atoms with E-state index >= 15 is 0 Å². The number of nitrogens with zero attached hydrogens (tertiary/aromatic N) is 1. The third-order valence-electron chi connectivity index (χ3n) is 2.88. The van der Waals surface area contributed by atoms with E-state index in [0.29, 0.717) is 0 Å². The molecule has 0 aliphatic heterocycles. The highest BCUT2D eigenvalue weighted by Gasteiger charge is 2.21. The Bertz CT molecular complexity index is 479. The summed E-state index contributed by atoms with van der Waals surface area (Å²) >= 11 is 7.00. The molecule has 0 bridgehead atoms. The highest BCUT2D eigenvalue weighted by atomic mass is 79.9. The molecular weight excluding hydrogens is 328 g/mol. The minimum absolute atomic E-state index is 0.119. The second-order valence-electron chi connectivity index (χ2n) is 4.51. The Hall–Kier alpha value is -0.200. The summed E-state index contributed by atoms with van der Waals surface area (Å²) in [5.74, 6) is 0. The maximum Gasteiger partial charge on any atom is 0.0505 e. The van der Waals surface area contributed by atoms with Gasteiger partial charge in [0, 0.05) is 27.3 Å². The van der Waals surface area contributed by atoms with Crippen molar-refractivity contribution < 1.29 is 0 Å². The zero-order valence-electron chi connectivity index (χ0n) is 10.5. The van der Waals surface area contributed by atoms with E-state index < -0.39 is 0 Å². The quantitative estimate of drug-likeness (QED) is 0.884. The number of hydrogen-bond donors (Lipinski definition) is 1. The van der Waals surface area contributed by atoms with Gasteiger partial charge in [-0.1, -0.05) is 0 Å². The molecule has 2 aromatic rings. The SMILES string of the molecule is CC(N)C(c1ccsc1)N(C)Cc1cc(Br)cs1. The molecule has 0 radical (unpaired) electrons. The molecule has 0 amide bonds. The van der Waals surface area contributed by atoms with E-state index in [4.69, 9.17) is 5.73 Å². The smallest absolute Gasteiger partial charge is 0.0505 e. The second-order valence-corrected chi connectivity index (χ2v) is 7.20. The summed E-state index contributed by atoms with van der Waals surface area (Å²) in [6, 6.07) is 4.73. The lowest BCUT2D eigenvalue weighted by Crippen LogP contribution is -2.36. The molecule has 0 aromatic carbocycles. The van der Waals surface area contributed by atoms with Crippen molar-refractivity contribution in [3.05, 3.63) is 43.2 Å². The lowest BCUT2D eigenvalue weighted by Gasteiger charge is -2.30. The van der Waals surface area contributed by atoms with E-state index in [-0.39, 0.29) is 12.1 Å². The van der Waals surface area contributed by atoms with E-state index in [0.717, 1.165) is 11.0 Å². The summed E-state index contributed by atoms with van der Waals surface area (Å²) in [5.41, 5.74) is 7.46. The van der Waals surface area contributed by atoms with Crippen LogP contribution in [-0.4, -0.2) is 18.0 Å². The molecule has 5 heteroatoms. The van der Waals surface area contributed by atoms with E-state index in [1.807, 2.05) is 0 Å². The van der Waals surface area contributed by atoms with E-state index in [2.05, 4.69) is 63.1 Å². The molecule has 18 heavy (non-hydrogen) atoms. The summed E-state index contributed by atoms with van der Waals surface area (Å²) in [7, 11) is 2.14. The lowest BCUT2D eigenvalue weighted by molar-refractivity contribution is 0.213. The molecule has 0 spiro atoms. The second kappa shape index (κ2) is 6.30. The minimum atomic E-state index is 0.119. The molecule has 2 unspecified atom stereocenters. The van der Waals surface area contributed by atoms with Crippen molar-refractivity contribution in [2.75, 3.05) is 7.05 Å². The van der Waals surface area contributed by atoms with Crippen LogP contribution < -0.4 is 5.73 Å². The summed E-state index contributed by atoms with van der Waals surface area (Å²) in [6.07, 6.45) is 0. The molecule has 2 N–H and O–H groups in total. The van der Waals surface area contributed by atoms with Gasteiger partial charge in [0.25, 0.3) is 0 Å².